The van der Waals surface area contributed by atoms with Gasteiger partial charge in [-0.05, 0) is 29.9 Å². The summed E-state index contributed by atoms with van der Waals surface area (Å²) in [6, 6.07) is 8.45. The zero-order chi connectivity index (χ0) is 14.5. The van der Waals surface area contributed by atoms with Crippen LogP contribution in [0.5, 0.6) is 0 Å². The normalized spacial score (nSPS) is 50.1. The summed E-state index contributed by atoms with van der Waals surface area (Å²) < 4.78 is 19.4. The van der Waals surface area contributed by atoms with E-state index in [1.54, 1.807) is 28.9 Å². The molecule has 1 aromatic heterocycles. The predicted molar refractivity (Wildman–Crippen MR) is 73.7 cm³/mol. The van der Waals surface area contributed by atoms with E-state index in [-0.39, 0.29) is 29.3 Å². The molecule has 2 bridgehead atoms. The van der Waals surface area contributed by atoms with Crippen molar-refractivity contribution in [2.24, 2.45) is 29.6 Å². The second kappa shape index (κ2) is 2.64. The van der Waals surface area contributed by atoms with Gasteiger partial charge in [0.05, 0.1) is 17.8 Å². The molecule has 3 heterocycles. The Morgan fingerprint density at radius 1 is 0.909 bits per heavy atom. The molecule has 0 spiro atoms. The quantitative estimate of drug-likeness (QED) is 0.779. The van der Waals surface area contributed by atoms with Gasteiger partial charge in [-0.1, -0.05) is 18.2 Å². The lowest BCUT2D eigenvalue weighted by Crippen LogP contribution is -2.98. The van der Waals surface area contributed by atoms with Gasteiger partial charge in [0.15, 0.2) is 0 Å². The van der Waals surface area contributed by atoms with Gasteiger partial charge in [-0.25, -0.2) is 27.9 Å². The van der Waals surface area contributed by atoms with Gasteiger partial charge in [0.2, 0.25) is 0 Å². The average molecular weight is 297 g/mol. The van der Waals surface area contributed by atoms with Crippen LogP contribution < -0.4 is 11.4 Å². The summed E-state index contributed by atoms with van der Waals surface area (Å²) in [6.45, 7) is 0. The molecular formula is C16H12FN3O2. The highest BCUT2D eigenvalue weighted by atomic mass is 19.1. The van der Waals surface area contributed by atoms with E-state index in [2.05, 4.69) is 0 Å². The van der Waals surface area contributed by atoms with E-state index in [0.29, 0.717) is 23.4 Å². The number of hydrogen-bond acceptors (Lipinski definition) is 2. The molecule has 0 amide bonds. The monoisotopic (exact) mass is 297 g/mol. The molecule has 0 saturated heterocycles. The van der Waals surface area contributed by atoms with Crippen LogP contribution in [-0.2, 0) is 0 Å². The maximum absolute atomic E-state index is 15.2. The number of alkyl halides is 1. The number of para-hydroxylation sites is 1. The summed E-state index contributed by atoms with van der Waals surface area (Å²) in [5.74, 6) is 1.41. The first-order valence-electron chi connectivity index (χ1n) is 7.88. The summed E-state index contributed by atoms with van der Waals surface area (Å²) in [4.78, 5) is 25.6. The Morgan fingerprint density at radius 2 is 1.64 bits per heavy atom. The number of rotatable bonds is 1. The molecule has 2 aromatic rings. The van der Waals surface area contributed by atoms with Gasteiger partial charge >= 0.3 is 11.4 Å². The van der Waals surface area contributed by atoms with E-state index >= 15 is 4.39 Å². The van der Waals surface area contributed by atoms with E-state index in [9.17, 15) is 9.59 Å². The van der Waals surface area contributed by atoms with Crippen molar-refractivity contribution in [3.8, 4) is 5.69 Å². The van der Waals surface area contributed by atoms with Crippen molar-refractivity contribution in [1.29, 1.82) is 0 Å². The molecular weight excluding hydrogens is 285 g/mol. The summed E-state index contributed by atoms with van der Waals surface area (Å²) in [5.41, 5.74) is -1.32. The first-order chi connectivity index (χ1) is 10.7. The molecule has 5 nitrogen and oxygen atoms in total. The minimum absolute atomic E-state index is 0.0128. The van der Waals surface area contributed by atoms with E-state index in [4.69, 9.17) is 0 Å². The van der Waals surface area contributed by atoms with Crippen molar-refractivity contribution in [2.45, 2.75) is 17.8 Å². The van der Waals surface area contributed by atoms with Crippen LogP contribution in [0.4, 0.5) is 4.39 Å². The average Bonchev–Trinajstić information content (AvgIpc) is 2.72. The lowest BCUT2D eigenvalue weighted by atomic mass is 9.15. The van der Waals surface area contributed by atoms with E-state index in [0.717, 1.165) is 0 Å². The Hall–Kier alpha value is -2.11. The van der Waals surface area contributed by atoms with Gasteiger partial charge in [-0.2, -0.15) is 0 Å². The fourth-order valence-electron chi connectivity index (χ4n) is 6.77. The van der Waals surface area contributed by atoms with Gasteiger partial charge in [0.1, 0.15) is 5.67 Å². The van der Waals surface area contributed by atoms with Gasteiger partial charge in [-0.3, -0.25) is 0 Å². The van der Waals surface area contributed by atoms with Crippen LogP contribution >= 0.6 is 0 Å². The molecule has 22 heavy (non-hydrogen) atoms. The summed E-state index contributed by atoms with van der Waals surface area (Å²) in [6.07, 6.45) is 0. The summed E-state index contributed by atoms with van der Waals surface area (Å²) in [7, 11) is 0. The first-order valence-corrected chi connectivity index (χ1v) is 7.88. The highest BCUT2D eigenvalue weighted by molar-refractivity contribution is 5.45. The molecule has 6 aliphatic rings. The number of hydrogen-bond donors (Lipinski definition) is 0. The second-order valence-corrected chi connectivity index (χ2v) is 7.47. The van der Waals surface area contributed by atoms with Crippen molar-refractivity contribution < 1.29 is 4.39 Å². The molecule has 2 aliphatic heterocycles. The molecule has 4 aliphatic carbocycles. The molecule has 4 fully saturated rings. The minimum Gasteiger partial charge on any atom is -0.245 e. The standard InChI is InChI=1S/C16H12FN3O2/c17-16-10-8-7-9(10)13(16)20-15(22)18(6-4-2-1-3-5-6)14(21)19(20)12(7)11(8)16/h1-5,7-13H/t7-,8+,9-,10+,11+,12-,13+,16-/m1/s1. The van der Waals surface area contributed by atoms with Gasteiger partial charge in [0, 0.05) is 11.8 Å². The molecule has 4 saturated carbocycles. The van der Waals surface area contributed by atoms with Crippen LogP contribution in [0.15, 0.2) is 39.9 Å². The number of benzene rings is 1. The van der Waals surface area contributed by atoms with E-state index in [1.165, 1.54) is 9.25 Å². The van der Waals surface area contributed by atoms with Gasteiger partial charge in [0.25, 0.3) is 0 Å². The largest absolute Gasteiger partial charge is 0.352 e. The topological polar surface area (TPSA) is 48.9 Å². The number of halogens is 1. The van der Waals surface area contributed by atoms with Crippen molar-refractivity contribution in [1.82, 2.24) is 13.9 Å². The van der Waals surface area contributed by atoms with Crippen molar-refractivity contribution in [3.05, 3.63) is 51.3 Å². The highest BCUT2D eigenvalue weighted by Gasteiger charge is 2.98. The van der Waals surface area contributed by atoms with Gasteiger partial charge in [-0.15, -0.1) is 0 Å². The molecule has 8 rings (SSSR count). The van der Waals surface area contributed by atoms with Crippen molar-refractivity contribution in [2.75, 3.05) is 0 Å². The number of aromatic nitrogens is 3. The maximum Gasteiger partial charge on any atom is 0.352 e. The third kappa shape index (κ3) is 0.661. The van der Waals surface area contributed by atoms with E-state index < -0.39 is 11.7 Å². The number of nitrogens with zero attached hydrogens (tertiary/aromatic N) is 3. The van der Waals surface area contributed by atoms with Crippen molar-refractivity contribution in [3.63, 3.8) is 0 Å². The molecule has 0 N–H and O–H groups in total. The Bertz CT molecular complexity index is 1000. The summed E-state index contributed by atoms with van der Waals surface area (Å²) >= 11 is 0. The zero-order valence-electron chi connectivity index (χ0n) is 11.5. The van der Waals surface area contributed by atoms with Crippen LogP contribution in [0.3, 0.4) is 0 Å². The molecule has 1 aromatic carbocycles. The lowest BCUT2D eigenvalue weighted by molar-refractivity contribution is -0.495. The first kappa shape index (κ1) is 10.6. The van der Waals surface area contributed by atoms with Crippen LogP contribution in [0.1, 0.15) is 12.1 Å². The Balaban J connectivity index is 1.57. The van der Waals surface area contributed by atoms with Crippen LogP contribution in [0, 0.1) is 29.6 Å². The maximum atomic E-state index is 15.2. The molecule has 0 radical (unpaired) electrons. The van der Waals surface area contributed by atoms with E-state index in [1.807, 2.05) is 6.07 Å². The fourth-order valence-corrected chi connectivity index (χ4v) is 6.77. The molecule has 6 heteroatoms. The van der Waals surface area contributed by atoms with Crippen molar-refractivity contribution >= 4 is 0 Å². The molecule has 0 unspecified atom stereocenters. The molecule has 8 atom stereocenters. The third-order valence-electron chi connectivity index (χ3n) is 7.30. The SMILES string of the molecule is O=c1n(-c2ccccc2)c(=O)n2n1[C@@H]1[C@H]3[C@@H]4[C@@H]5[C@H]3[C@@H]1[C@@]5(F)[C@H]42. The Labute approximate surface area is 123 Å². The van der Waals surface area contributed by atoms with Crippen LogP contribution in [0.2, 0.25) is 0 Å². The fraction of sp³-hybridized carbons (Fsp3) is 0.500. The Kier molecular flexibility index (Phi) is 1.27. The highest BCUT2D eigenvalue weighted by Crippen LogP contribution is 2.94. The summed E-state index contributed by atoms with van der Waals surface area (Å²) in [5, 5.41) is 0. The second-order valence-electron chi connectivity index (χ2n) is 7.47. The lowest BCUT2D eigenvalue weighted by Gasteiger charge is -2.93. The van der Waals surface area contributed by atoms with Gasteiger partial charge < -0.3 is 0 Å². The minimum atomic E-state index is -1.20. The predicted octanol–water partition coefficient (Wildman–Crippen LogP) is 0.740. The molecule has 110 valence electrons. The zero-order valence-corrected chi connectivity index (χ0v) is 11.5. The third-order valence-corrected chi connectivity index (χ3v) is 7.30. The van der Waals surface area contributed by atoms with Crippen LogP contribution in [0.25, 0.3) is 5.69 Å². The Morgan fingerprint density at radius 3 is 2.36 bits per heavy atom. The van der Waals surface area contributed by atoms with Crippen LogP contribution in [-0.4, -0.2) is 19.6 Å². The smallest absolute Gasteiger partial charge is 0.245 e.